The number of carbonyl (C=O) groups is 1. The minimum atomic E-state index is -1.10. The monoisotopic (exact) mass is 335 g/mol. The second kappa shape index (κ2) is 5.17. The van der Waals surface area contributed by atoms with Gasteiger partial charge in [0.15, 0.2) is 0 Å². The number of rotatable bonds is 2. The molecule has 1 amide bonds. The van der Waals surface area contributed by atoms with E-state index in [1.54, 1.807) is 25.6 Å². The normalized spacial score (nSPS) is 21.3. The first-order valence-electron chi connectivity index (χ1n) is 8.36. The Hall–Kier alpha value is -2.66. The van der Waals surface area contributed by atoms with Crippen LogP contribution in [0.25, 0.3) is 10.8 Å². The Morgan fingerprint density at radius 3 is 2.68 bits per heavy atom. The molecule has 2 heterocycles. The highest BCUT2D eigenvalue weighted by Gasteiger charge is 2.53. The number of aliphatic hydroxyl groups is 1. The van der Waals surface area contributed by atoms with Crippen LogP contribution >= 0.6 is 0 Å². The van der Waals surface area contributed by atoms with E-state index < -0.39 is 5.60 Å². The predicted molar refractivity (Wildman–Crippen MR) is 96.3 cm³/mol. The zero-order valence-electron chi connectivity index (χ0n) is 14.6. The lowest BCUT2D eigenvalue weighted by molar-refractivity contribution is -0.0218. The van der Waals surface area contributed by atoms with Crippen LogP contribution in [0.2, 0.25) is 0 Å². The minimum Gasteiger partial charge on any atom is -0.378 e. The maximum atomic E-state index is 11.8. The summed E-state index contributed by atoms with van der Waals surface area (Å²) in [5.41, 5.74) is 0.842. The molecular weight excluding hydrogens is 314 g/mol. The number of nitrogens with zero attached hydrogens (tertiary/aromatic N) is 2. The van der Waals surface area contributed by atoms with Gasteiger partial charge in [0.2, 0.25) is 0 Å². The summed E-state index contributed by atoms with van der Waals surface area (Å²) in [5, 5.41) is 16.2. The van der Waals surface area contributed by atoms with Gasteiger partial charge in [0.05, 0.1) is 18.2 Å². The number of hydrogen-bond donors (Lipinski definition) is 2. The van der Waals surface area contributed by atoms with E-state index in [9.17, 15) is 9.90 Å². The second-order valence-electron chi connectivity index (χ2n) is 7.36. The summed E-state index contributed by atoms with van der Waals surface area (Å²) in [7, 11) is 1.62. The van der Waals surface area contributed by atoms with Gasteiger partial charge in [-0.05, 0) is 34.5 Å². The van der Waals surface area contributed by atoms with Crippen molar-refractivity contribution in [3.8, 4) is 0 Å². The van der Waals surface area contributed by atoms with Gasteiger partial charge in [-0.1, -0.05) is 32.0 Å². The number of nitrogens with one attached hydrogen (secondary N) is 1. The molecule has 1 unspecified atom stereocenters. The summed E-state index contributed by atoms with van der Waals surface area (Å²) >= 11 is 0. The molecule has 1 aromatic heterocycles. The quantitative estimate of drug-likeness (QED) is 0.757. The zero-order valence-corrected chi connectivity index (χ0v) is 14.6. The Morgan fingerprint density at radius 1 is 1.20 bits per heavy atom. The molecule has 1 atom stereocenters. The predicted octanol–water partition coefficient (Wildman–Crippen LogP) is 2.67. The fourth-order valence-corrected chi connectivity index (χ4v) is 3.93. The van der Waals surface area contributed by atoms with E-state index in [4.69, 9.17) is 0 Å². The molecule has 128 valence electrons. The Bertz CT molecular complexity index is 990. The molecule has 25 heavy (non-hydrogen) atoms. The van der Waals surface area contributed by atoms with Crippen LogP contribution < -0.4 is 5.32 Å². The number of benzene rings is 2. The van der Waals surface area contributed by atoms with E-state index in [-0.39, 0.29) is 11.3 Å². The molecule has 3 aromatic rings. The minimum absolute atomic E-state index is 0.106. The number of aromatic nitrogens is 2. The van der Waals surface area contributed by atoms with E-state index in [1.165, 1.54) is 0 Å². The van der Waals surface area contributed by atoms with E-state index in [0.717, 1.165) is 22.0 Å². The van der Waals surface area contributed by atoms with Crippen molar-refractivity contribution in [2.45, 2.75) is 26.0 Å². The van der Waals surface area contributed by atoms with Crippen LogP contribution in [0.1, 0.15) is 35.5 Å². The summed E-state index contributed by atoms with van der Waals surface area (Å²) in [6, 6.07) is 11.5. The average molecular weight is 335 g/mol. The Labute approximate surface area is 146 Å². The van der Waals surface area contributed by atoms with Gasteiger partial charge < -0.3 is 15.0 Å². The van der Waals surface area contributed by atoms with Gasteiger partial charge in [-0.2, -0.15) is 0 Å². The number of hydrogen-bond acceptors (Lipinski definition) is 3. The first-order valence-corrected chi connectivity index (χ1v) is 8.36. The van der Waals surface area contributed by atoms with Crippen LogP contribution in [0.4, 0.5) is 0 Å². The lowest BCUT2D eigenvalue weighted by Gasteiger charge is -2.36. The smallest absolute Gasteiger partial charge is 0.251 e. The van der Waals surface area contributed by atoms with Gasteiger partial charge in [0.25, 0.3) is 5.91 Å². The van der Waals surface area contributed by atoms with Crippen molar-refractivity contribution in [1.82, 2.24) is 14.9 Å². The van der Waals surface area contributed by atoms with Gasteiger partial charge in [-0.15, -0.1) is 0 Å². The second-order valence-corrected chi connectivity index (χ2v) is 7.36. The Morgan fingerprint density at radius 2 is 1.92 bits per heavy atom. The molecule has 1 aliphatic heterocycles. The Balaban J connectivity index is 1.86. The number of fused-ring (bicyclic) bond motifs is 2. The molecule has 4 rings (SSSR count). The highest BCUT2D eigenvalue weighted by atomic mass is 16.3. The molecule has 0 radical (unpaired) electrons. The molecule has 1 aliphatic rings. The van der Waals surface area contributed by atoms with Crippen LogP contribution in [0.5, 0.6) is 0 Å². The molecule has 0 fully saturated rings. The first-order chi connectivity index (χ1) is 11.9. The van der Waals surface area contributed by atoms with Gasteiger partial charge in [-0.3, -0.25) is 4.79 Å². The lowest BCUT2D eigenvalue weighted by Crippen LogP contribution is -2.39. The van der Waals surface area contributed by atoms with Gasteiger partial charge >= 0.3 is 0 Å². The van der Waals surface area contributed by atoms with Crippen LogP contribution in [-0.2, 0) is 12.1 Å². The molecule has 2 aromatic carbocycles. The summed E-state index contributed by atoms with van der Waals surface area (Å²) in [6.07, 6.45) is 3.51. The largest absolute Gasteiger partial charge is 0.378 e. The SMILES string of the molecule is CNC(=O)c1ccc2cc(C3(O)c4cncn4CC3(C)C)ccc2c1. The Kier molecular flexibility index (Phi) is 3.27. The van der Waals surface area contributed by atoms with E-state index in [2.05, 4.69) is 24.1 Å². The van der Waals surface area contributed by atoms with E-state index in [1.807, 2.05) is 34.9 Å². The molecule has 0 aliphatic carbocycles. The van der Waals surface area contributed by atoms with Crippen molar-refractivity contribution in [1.29, 1.82) is 0 Å². The van der Waals surface area contributed by atoms with Gasteiger partial charge in [0.1, 0.15) is 5.60 Å². The maximum Gasteiger partial charge on any atom is 0.251 e. The van der Waals surface area contributed by atoms with Crippen molar-refractivity contribution in [2.24, 2.45) is 5.41 Å². The van der Waals surface area contributed by atoms with Crippen molar-refractivity contribution < 1.29 is 9.90 Å². The maximum absolute atomic E-state index is 11.8. The molecule has 5 heteroatoms. The average Bonchev–Trinajstić information content (AvgIpc) is 3.13. The summed E-state index contributed by atoms with van der Waals surface area (Å²) in [6.45, 7) is 4.85. The van der Waals surface area contributed by atoms with E-state index in [0.29, 0.717) is 12.1 Å². The van der Waals surface area contributed by atoms with Crippen LogP contribution in [0.3, 0.4) is 0 Å². The fraction of sp³-hybridized carbons (Fsp3) is 0.300. The summed E-state index contributed by atoms with van der Waals surface area (Å²) in [5.74, 6) is -0.106. The molecule has 0 saturated heterocycles. The third kappa shape index (κ3) is 2.12. The third-order valence-electron chi connectivity index (χ3n) is 5.38. The number of carbonyl (C=O) groups excluding carboxylic acids is 1. The number of amides is 1. The molecule has 0 bridgehead atoms. The van der Waals surface area contributed by atoms with Crippen molar-refractivity contribution >= 4 is 16.7 Å². The fourth-order valence-electron chi connectivity index (χ4n) is 3.93. The molecule has 0 spiro atoms. The highest BCUT2D eigenvalue weighted by Crippen LogP contribution is 2.50. The molecular formula is C20H21N3O2. The van der Waals surface area contributed by atoms with Crippen molar-refractivity contribution in [3.05, 3.63) is 65.7 Å². The number of imidazole rings is 1. The zero-order chi connectivity index (χ0) is 17.8. The van der Waals surface area contributed by atoms with Crippen molar-refractivity contribution in [3.63, 3.8) is 0 Å². The third-order valence-corrected chi connectivity index (χ3v) is 5.38. The highest BCUT2D eigenvalue weighted by molar-refractivity contribution is 5.98. The molecule has 2 N–H and O–H groups in total. The topological polar surface area (TPSA) is 67.2 Å². The first kappa shape index (κ1) is 15.8. The molecule has 5 nitrogen and oxygen atoms in total. The van der Waals surface area contributed by atoms with Gasteiger partial charge in [-0.25, -0.2) is 4.98 Å². The van der Waals surface area contributed by atoms with Crippen LogP contribution in [0.15, 0.2) is 48.9 Å². The van der Waals surface area contributed by atoms with E-state index >= 15 is 0 Å². The van der Waals surface area contributed by atoms with Crippen LogP contribution in [0, 0.1) is 5.41 Å². The summed E-state index contributed by atoms with van der Waals surface area (Å²) in [4.78, 5) is 16.0. The van der Waals surface area contributed by atoms with Gasteiger partial charge in [0, 0.05) is 24.6 Å². The lowest BCUT2D eigenvalue weighted by atomic mass is 9.71. The summed E-state index contributed by atoms with van der Waals surface area (Å²) < 4.78 is 2.01. The van der Waals surface area contributed by atoms with Crippen molar-refractivity contribution in [2.75, 3.05) is 7.05 Å². The van der Waals surface area contributed by atoms with Crippen LogP contribution in [-0.4, -0.2) is 27.6 Å². The molecule has 0 saturated carbocycles. The standard InChI is InChI=1S/C20H21N3O2/c1-19(2)11-23-12-22-10-17(23)20(19,25)16-7-6-13-8-15(18(24)21-3)5-4-14(13)9-16/h4-10,12,25H,11H2,1-3H3,(H,21,24).